The number of esters is 1. The molecular formula is C22H15Cl3FN3O7S. The molecule has 194 valence electrons. The molecule has 3 aromatic rings. The average Bonchev–Trinajstić information content (AvgIpc) is 2.81. The average molecular weight is 591 g/mol. The molecular weight excluding hydrogens is 576 g/mol. The molecule has 0 aliphatic rings. The number of rotatable bonds is 8. The van der Waals surface area contributed by atoms with Gasteiger partial charge in [-0.1, -0.05) is 34.8 Å². The highest BCUT2D eigenvalue weighted by Crippen LogP contribution is 2.31. The van der Waals surface area contributed by atoms with E-state index >= 15 is 0 Å². The van der Waals surface area contributed by atoms with E-state index in [0.717, 1.165) is 36.4 Å². The van der Waals surface area contributed by atoms with Crippen LogP contribution in [0.15, 0.2) is 59.5 Å². The van der Waals surface area contributed by atoms with Crippen LogP contribution in [0.1, 0.15) is 17.3 Å². The van der Waals surface area contributed by atoms with Crippen molar-refractivity contribution in [2.45, 2.75) is 17.9 Å². The Kier molecular flexibility index (Phi) is 8.59. The molecule has 0 radical (unpaired) electrons. The van der Waals surface area contributed by atoms with Gasteiger partial charge >= 0.3 is 5.97 Å². The van der Waals surface area contributed by atoms with Crippen LogP contribution < -0.4 is 10.0 Å². The molecule has 2 N–H and O–H groups in total. The maximum Gasteiger partial charge on any atom is 0.340 e. The standard InChI is InChI=1S/C22H15Cl3FN3O7S/c1-11(21(30)27-19-8-14(29(32)33)6-7-16(19)23)36-22(31)15-9-20(18(25)10-17(15)24)37(34,35)28-13-4-2-12(26)3-5-13/h2-11,28H,1H3,(H,27,30). The van der Waals surface area contributed by atoms with E-state index in [9.17, 15) is 32.5 Å². The van der Waals surface area contributed by atoms with E-state index in [2.05, 4.69) is 10.0 Å². The van der Waals surface area contributed by atoms with Crippen LogP contribution >= 0.6 is 34.8 Å². The van der Waals surface area contributed by atoms with Gasteiger partial charge in [0.1, 0.15) is 10.7 Å². The van der Waals surface area contributed by atoms with Gasteiger partial charge in [0.05, 0.1) is 31.2 Å². The minimum absolute atomic E-state index is 0.00160. The zero-order valence-electron chi connectivity index (χ0n) is 18.5. The molecule has 0 bridgehead atoms. The highest BCUT2D eigenvalue weighted by molar-refractivity contribution is 7.92. The van der Waals surface area contributed by atoms with Crippen molar-refractivity contribution in [2.24, 2.45) is 0 Å². The Bertz CT molecular complexity index is 1500. The van der Waals surface area contributed by atoms with E-state index in [1.807, 2.05) is 0 Å². The molecule has 0 aromatic heterocycles. The van der Waals surface area contributed by atoms with Crippen LogP contribution in [0.2, 0.25) is 15.1 Å². The summed E-state index contributed by atoms with van der Waals surface area (Å²) >= 11 is 18.1. The molecule has 0 aliphatic heterocycles. The van der Waals surface area contributed by atoms with E-state index in [-0.39, 0.29) is 32.1 Å². The van der Waals surface area contributed by atoms with Gasteiger partial charge in [-0.2, -0.15) is 0 Å². The summed E-state index contributed by atoms with van der Waals surface area (Å²) in [5, 5.41) is 12.7. The van der Waals surface area contributed by atoms with Gasteiger partial charge in [-0.3, -0.25) is 19.6 Å². The zero-order chi connectivity index (χ0) is 27.5. The summed E-state index contributed by atoms with van der Waals surface area (Å²) in [4.78, 5) is 35.0. The van der Waals surface area contributed by atoms with Crippen molar-refractivity contribution >= 4 is 73.8 Å². The number of hydrogen-bond donors (Lipinski definition) is 2. The fourth-order valence-electron chi connectivity index (χ4n) is 2.85. The first-order valence-corrected chi connectivity index (χ1v) is 12.6. The van der Waals surface area contributed by atoms with Crippen LogP contribution in [0, 0.1) is 15.9 Å². The molecule has 1 unspecified atom stereocenters. The number of nitro benzene ring substituents is 1. The lowest BCUT2D eigenvalue weighted by atomic mass is 10.2. The summed E-state index contributed by atoms with van der Waals surface area (Å²) in [6.45, 7) is 1.20. The number of carbonyl (C=O) groups excluding carboxylic acids is 2. The zero-order valence-corrected chi connectivity index (χ0v) is 21.6. The predicted octanol–water partition coefficient (Wildman–Crippen LogP) is 5.68. The van der Waals surface area contributed by atoms with Crippen molar-refractivity contribution in [3.63, 3.8) is 0 Å². The van der Waals surface area contributed by atoms with Gasteiger partial charge in [0, 0.05) is 17.8 Å². The van der Waals surface area contributed by atoms with Crippen LogP contribution in [-0.2, 0) is 19.6 Å². The van der Waals surface area contributed by atoms with Crippen molar-refractivity contribution < 1.29 is 32.1 Å². The first-order valence-electron chi connectivity index (χ1n) is 10.0. The maximum absolute atomic E-state index is 13.1. The van der Waals surface area contributed by atoms with Gasteiger partial charge < -0.3 is 10.1 Å². The second kappa shape index (κ2) is 11.3. The van der Waals surface area contributed by atoms with Gasteiger partial charge in [-0.25, -0.2) is 17.6 Å². The number of hydrogen-bond acceptors (Lipinski definition) is 7. The van der Waals surface area contributed by atoms with E-state index in [1.54, 1.807) is 0 Å². The van der Waals surface area contributed by atoms with E-state index in [1.165, 1.54) is 25.1 Å². The van der Waals surface area contributed by atoms with Crippen LogP contribution in [0.25, 0.3) is 0 Å². The minimum Gasteiger partial charge on any atom is -0.449 e. The monoisotopic (exact) mass is 589 g/mol. The molecule has 1 atom stereocenters. The van der Waals surface area contributed by atoms with Gasteiger partial charge in [0.2, 0.25) is 0 Å². The lowest BCUT2D eigenvalue weighted by Crippen LogP contribution is -2.30. The molecule has 3 rings (SSSR count). The number of ether oxygens (including phenoxy) is 1. The number of non-ortho nitro benzene ring substituents is 1. The normalized spacial score (nSPS) is 11.9. The Morgan fingerprint density at radius 1 is 1.00 bits per heavy atom. The third-order valence-electron chi connectivity index (χ3n) is 4.70. The lowest BCUT2D eigenvalue weighted by molar-refractivity contribution is -0.384. The van der Waals surface area contributed by atoms with Crippen LogP contribution in [0.3, 0.4) is 0 Å². The number of benzene rings is 3. The molecule has 15 heteroatoms. The van der Waals surface area contributed by atoms with Gasteiger partial charge in [0.15, 0.2) is 6.10 Å². The molecule has 37 heavy (non-hydrogen) atoms. The van der Waals surface area contributed by atoms with E-state index in [4.69, 9.17) is 39.5 Å². The molecule has 10 nitrogen and oxygen atoms in total. The van der Waals surface area contributed by atoms with E-state index < -0.39 is 49.2 Å². The number of sulfonamides is 1. The number of nitrogens with zero attached hydrogens (tertiary/aromatic N) is 1. The van der Waals surface area contributed by atoms with Crippen molar-refractivity contribution in [1.29, 1.82) is 0 Å². The first-order chi connectivity index (χ1) is 17.3. The molecule has 0 saturated carbocycles. The van der Waals surface area contributed by atoms with Crippen molar-refractivity contribution in [3.05, 3.63) is 91.2 Å². The molecule has 0 aliphatic carbocycles. The Labute approximate surface area is 224 Å². The number of amides is 1. The number of anilines is 2. The van der Waals surface area contributed by atoms with Gasteiger partial charge in [0.25, 0.3) is 21.6 Å². The van der Waals surface area contributed by atoms with Crippen LogP contribution in [0.4, 0.5) is 21.5 Å². The topological polar surface area (TPSA) is 145 Å². The number of nitrogens with one attached hydrogen (secondary N) is 2. The summed E-state index contributed by atoms with van der Waals surface area (Å²) in [6, 6.07) is 9.68. The maximum atomic E-state index is 13.1. The Hall–Kier alpha value is -3.45. The SMILES string of the molecule is CC(OC(=O)c1cc(S(=O)(=O)Nc2ccc(F)cc2)c(Cl)cc1Cl)C(=O)Nc1cc([N+](=O)[O-])ccc1Cl. The van der Waals surface area contributed by atoms with Crippen LogP contribution in [-0.4, -0.2) is 31.3 Å². The molecule has 3 aromatic carbocycles. The molecule has 0 fully saturated rings. The number of nitro groups is 1. The minimum atomic E-state index is -4.35. The third-order valence-corrected chi connectivity index (χ3v) is 7.19. The Morgan fingerprint density at radius 2 is 1.65 bits per heavy atom. The quantitative estimate of drug-likeness (QED) is 0.195. The lowest BCUT2D eigenvalue weighted by Gasteiger charge is -2.16. The Morgan fingerprint density at radius 3 is 2.27 bits per heavy atom. The van der Waals surface area contributed by atoms with E-state index in [0.29, 0.717) is 0 Å². The number of carbonyl (C=O) groups is 2. The fraction of sp³-hybridized carbons (Fsp3) is 0.0909. The summed E-state index contributed by atoms with van der Waals surface area (Å²) in [5.41, 5.74) is -0.811. The van der Waals surface area contributed by atoms with Crippen molar-refractivity contribution in [2.75, 3.05) is 10.0 Å². The molecule has 0 heterocycles. The second-order valence-corrected chi connectivity index (χ2v) is 10.2. The Balaban J connectivity index is 1.80. The largest absolute Gasteiger partial charge is 0.449 e. The van der Waals surface area contributed by atoms with Crippen molar-refractivity contribution in [3.8, 4) is 0 Å². The smallest absolute Gasteiger partial charge is 0.340 e. The summed E-state index contributed by atoms with van der Waals surface area (Å²) in [7, 11) is -4.35. The summed E-state index contributed by atoms with van der Waals surface area (Å²) < 4.78 is 46.1. The first kappa shape index (κ1) is 28.1. The van der Waals surface area contributed by atoms with Crippen LogP contribution in [0.5, 0.6) is 0 Å². The number of halogens is 4. The highest BCUT2D eigenvalue weighted by Gasteiger charge is 2.26. The fourth-order valence-corrected chi connectivity index (χ4v) is 4.93. The van der Waals surface area contributed by atoms with Crippen molar-refractivity contribution in [1.82, 2.24) is 0 Å². The molecule has 1 amide bonds. The molecule has 0 saturated heterocycles. The molecule has 0 spiro atoms. The predicted molar refractivity (Wildman–Crippen MR) is 135 cm³/mol. The summed E-state index contributed by atoms with van der Waals surface area (Å²) in [5.74, 6) is -2.62. The third kappa shape index (κ3) is 6.86. The second-order valence-electron chi connectivity index (χ2n) is 7.33. The summed E-state index contributed by atoms with van der Waals surface area (Å²) in [6.07, 6.45) is -1.45. The van der Waals surface area contributed by atoms with Gasteiger partial charge in [-0.15, -0.1) is 0 Å². The highest BCUT2D eigenvalue weighted by atomic mass is 35.5. The van der Waals surface area contributed by atoms with Gasteiger partial charge in [-0.05, 0) is 49.4 Å².